The summed E-state index contributed by atoms with van der Waals surface area (Å²) in [4.78, 5) is 26.1. The van der Waals surface area contributed by atoms with E-state index >= 15 is 0 Å². The van der Waals surface area contributed by atoms with Gasteiger partial charge in [-0.1, -0.05) is 18.2 Å². The Morgan fingerprint density at radius 2 is 1.77 bits per heavy atom. The van der Waals surface area contributed by atoms with Gasteiger partial charge in [0.2, 0.25) is 0 Å². The van der Waals surface area contributed by atoms with Crippen molar-refractivity contribution in [3.05, 3.63) is 65.2 Å². The Morgan fingerprint density at radius 3 is 2.37 bits per heavy atom. The maximum Gasteiger partial charge on any atom is 0.416 e. The first-order valence-electron chi connectivity index (χ1n) is 8.91. The molecule has 2 aromatic rings. The predicted molar refractivity (Wildman–Crippen MR) is 110 cm³/mol. The molecule has 0 bridgehead atoms. The van der Waals surface area contributed by atoms with Gasteiger partial charge in [-0.25, -0.2) is 0 Å². The van der Waals surface area contributed by atoms with Gasteiger partial charge >= 0.3 is 6.18 Å². The number of hydrogen-bond acceptors (Lipinski definition) is 4. The molecule has 1 aliphatic rings. The molecule has 0 atom stereocenters. The Kier molecular flexibility index (Phi) is 5.93. The average molecular weight is 434 g/mol. The highest BCUT2D eigenvalue weighted by Crippen LogP contribution is 2.32. The minimum Gasteiger partial charge on any atom is -0.491 e. The van der Waals surface area contributed by atoms with E-state index in [0.29, 0.717) is 11.3 Å². The van der Waals surface area contributed by atoms with Gasteiger partial charge in [0.1, 0.15) is 11.3 Å². The zero-order valence-corrected chi connectivity index (χ0v) is 16.8. The molecule has 1 aliphatic heterocycles. The van der Waals surface area contributed by atoms with Crippen LogP contribution >= 0.6 is 12.2 Å². The van der Waals surface area contributed by atoms with E-state index in [-0.39, 0.29) is 22.5 Å². The highest BCUT2D eigenvalue weighted by molar-refractivity contribution is 7.80. The first kappa shape index (κ1) is 21.5. The fraction of sp³-hybridized carbons (Fsp3) is 0.190. The van der Waals surface area contributed by atoms with Gasteiger partial charge in [0.15, 0.2) is 5.11 Å². The fourth-order valence-electron chi connectivity index (χ4n) is 2.79. The summed E-state index contributed by atoms with van der Waals surface area (Å²) in [6, 6.07) is 10.9. The van der Waals surface area contributed by atoms with Gasteiger partial charge in [0, 0.05) is 0 Å². The minimum atomic E-state index is -4.59. The lowest BCUT2D eigenvalue weighted by atomic mass is 10.1. The SMILES string of the molecule is CC(C)Oc1ccc(/C=C2\C(=O)NC(=S)N(c3cccc(C(F)(F)F)c3)C2=O)cc1. The molecule has 1 fully saturated rings. The van der Waals surface area contributed by atoms with E-state index in [0.717, 1.165) is 17.0 Å². The molecule has 3 rings (SSSR count). The summed E-state index contributed by atoms with van der Waals surface area (Å²) in [6.45, 7) is 3.76. The van der Waals surface area contributed by atoms with Crippen molar-refractivity contribution in [3.8, 4) is 5.75 Å². The van der Waals surface area contributed by atoms with E-state index in [2.05, 4.69) is 5.32 Å². The molecule has 5 nitrogen and oxygen atoms in total. The van der Waals surface area contributed by atoms with E-state index in [1.54, 1.807) is 24.3 Å². The van der Waals surface area contributed by atoms with Gasteiger partial charge in [0.05, 0.1) is 17.4 Å². The Bertz CT molecular complexity index is 1030. The van der Waals surface area contributed by atoms with E-state index < -0.39 is 23.6 Å². The highest BCUT2D eigenvalue weighted by Gasteiger charge is 2.36. The summed E-state index contributed by atoms with van der Waals surface area (Å²) in [7, 11) is 0. The summed E-state index contributed by atoms with van der Waals surface area (Å²) < 4.78 is 44.7. The number of nitrogens with one attached hydrogen (secondary N) is 1. The quantitative estimate of drug-likeness (QED) is 0.442. The molecule has 0 radical (unpaired) electrons. The molecule has 0 aliphatic carbocycles. The van der Waals surface area contributed by atoms with Crippen LogP contribution in [0, 0.1) is 0 Å². The molecule has 2 amide bonds. The third-order valence-electron chi connectivity index (χ3n) is 4.10. The normalized spacial score (nSPS) is 16.3. The van der Waals surface area contributed by atoms with Crippen LogP contribution < -0.4 is 15.0 Å². The number of benzene rings is 2. The number of rotatable bonds is 4. The van der Waals surface area contributed by atoms with Crippen LogP contribution in [-0.4, -0.2) is 23.0 Å². The number of carbonyl (C=O) groups excluding carboxylic acids is 2. The number of ether oxygens (including phenoxy) is 1. The van der Waals surface area contributed by atoms with E-state index in [1.807, 2.05) is 13.8 Å². The number of thiocarbonyl (C=S) groups is 1. The lowest BCUT2D eigenvalue weighted by Crippen LogP contribution is -2.54. The van der Waals surface area contributed by atoms with Gasteiger partial charge in [-0.3, -0.25) is 19.8 Å². The molecular formula is C21H17F3N2O3S. The second kappa shape index (κ2) is 8.27. The number of carbonyl (C=O) groups is 2. The summed E-state index contributed by atoms with van der Waals surface area (Å²) in [5.74, 6) is -0.917. The number of anilines is 1. The molecule has 2 aromatic carbocycles. The Labute approximate surface area is 176 Å². The van der Waals surface area contributed by atoms with Gasteiger partial charge in [-0.2, -0.15) is 13.2 Å². The van der Waals surface area contributed by atoms with Crippen molar-refractivity contribution in [1.82, 2.24) is 5.32 Å². The number of nitrogens with zero attached hydrogens (tertiary/aromatic N) is 1. The molecule has 0 spiro atoms. The maximum atomic E-state index is 13.0. The number of halogens is 3. The second-order valence-electron chi connectivity index (χ2n) is 6.74. The van der Waals surface area contributed by atoms with Crippen LogP contribution in [0.2, 0.25) is 0 Å². The summed E-state index contributed by atoms with van der Waals surface area (Å²) in [5, 5.41) is 2.06. The highest BCUT2D eigenvalue weighted by atomic mass is 32.1. The maximum absolute atomic E-state index is 13.0. The van der Waals surface area contributed by atoms with E-state index in [4.69, 9.17) is 17.0 Å². The topological polar surface area (TPSA) is 58.6 Å². The average Bonchev–Trinajstić information content (AvgIpc) is 2.65. The van der Waals surface area contributed by atoms with Gasteiger partial charge in [-0.15, -0.1) is 0 Å². The fourth-order valence-corrected chi connectivity index (χ4v) is 3.08. The van der Waals surface area contributed by atoms with Crippen molar-refractivity contribution < 1.29 is 27.5 Å². The van der Waals surface area contributed by atoms with Crippen molar-refractivity contribution in [2.45, 2.75) is 26.1 Å². The van der Waals surface area contributed by atoms with E-state index in [9.17, 15) is 22.8 Å². The summed E-state index contributed by atoms with van der Waals surface area (Å²) >= 11 is 5.02. The van der Waals surface area contributed by atoms with Gasteiger partial charge in [0.25, 0.3) is 11.8 Å². The molecule has 0 saturated carbocycles. The van der Waals surface area contributed by atoms with Crippen LogP contribution in [0.15, 0.2) is 54.1 Å². The van der Waals surface area contributed by atoms with Crippen LogP contribution in [0.3, 0.4) is 0 Å². The third-order valence-corrected chi connectivity index (χ3v) is 4.38. The molecule has 156 valence electrons. The second-order valence-corrected chi connectivity index (χ2v) is 7.13. The first-order valence-corrected chi connectivity index (χ1v) is 9.32. The third kappa shape index (κ3) is 4.68. The number of alkyl halides is 3. The van der Waals surface area contributed by atoms with Gasteiger partial charge < -0.3 is 4.74 Å². The summed E-state index contributed by atoms with van der Waals surface area (Å²) in [5.41, 5.74) is -0.731. The molecule has 1 N–H and O–H groups in total. The Morgan fingerprint density at radius 1 is 1.10 bits per heavy atom. The lowest BCUT2D eigenvalue weighted by molar-refractivity contribution is -0.137. The number of amides is 2. The zero-order valence-electron chi connectivity index (χ0n) is 16.0. The standard InChI is InChI=1S/C21H17F3N2O3S/c1-12(2)29-16-8-6-13(7-9-16)10-17-18(27)25-20(30)26(19(17)28)15-5-3-4-14(11-15)21(22,23)24/h3-12H,1-2H3,(H,25,27,30)/b17-10+. The molecule has 0 aromatic heterocycles. The molecular weight excluding hydrogens is 417 g/mol. The van der Waals surface area contributed by atoms with Crippen molar-refractivity contribution in [3.63, 3.8) is 0 Å². The number of hydrogen-bond donors (Lipinski definition) is 1. The smallest absolute Gasteiger partial charge is 0.416 e. The minimum absolute atomic E-state index is 0.0121. The molecule has 9 heteroatoms. The van der Waals surface area contributed by atoms with Crippen molar-refractivity contribution in [1.29, 1.82) is 0 Å². The van der Waals surface area contributed by atoms with Crippen LogP contribution in [-0.2, 0) is 15.8 Å². The van der Waals surface area contributed by atoms with Crippen LogP contribution in [0.5, 0.6) is 5.75 Å². The molecule has 1 heterocycles. The van der Waals surface area contributed by atoms with Crippen LogP contribution in [0.4, 0.5) is 18.9 Å². The largest absolute Gasteiger partial charge is 0.491 e. The monoisotopic (exact) mass is 434 g/mol. The van der Waals surface area contributed by atoms with Gasteiger partial charge in [-0.05, 0) is 68.0 Å². The Balaban J connectivity index is 1.94. The molecule has 30 heavy (non-hydrogen) atoms. The molecule has 1 saturated heterocycles. The zero-order chi connectivity index (χ0) is 22.1. The predicted octanol–water partition coefficient (Wildman–Crippen LogP) is 4.32. The molecule has 0 unspecified atom stereocenters. The lowest BCUT2D eigenvalue weighted by Gasteiger charge is -2.29. The van der Waals surface area contributed by atoms with Crippen molar-refractivity contribution in [2.75, 3.05) is 4.90 Å². The summed E-state index contributed by atoms with van der Waals surface area (Å²) in [6.07, 6.45) is -3.25. The van der Waals surface area contributed by atoms with Crippen molar-refractivity contribution in [2.24, 2.45) is 0 Å². The first-order chi connectivity index (χ1) is 14.1. The van der Waals surface area contributed by atoms with E-state index in [1.165, 1.54) is 18.2 Å². The van der Waals surface area contributed by atoms with Crippen molar-refractivity contribution >= 4 is 40.9 Å². The Hall–Kier alpha value is -3.20. The van der Waals surface area contributed by atoms with Crippen LogP contribution in [0.25, 0.3) is 6.08 Å². The van der Waals surface area contributed by atoms with Crippen LogP contribution in [0.1, 0.15) is 25.0 Å².